The van der Waals surface area contributed by atoms with Gasteiger partial charge < -0.3 is 25.2 Å². The fourth-order valence-electron chi connectivity index (χ4n) is 2.31. The van der Waals surface area contributed by atoms with Gasteiger partial charge in [0.2, 0.25) is 5.75 Å². The zero-order valence-corrected chi connectivity index (χ0v) is 17.5. The highest BCUT2D eigenvalue weighted by atomic mass is 127. The van der Waals surface area contributed by atoms with Gasteiger partial charge in [0.05, 0.1) is 14.2 Å². The molecular formula is C18H25IN4O3. The van der Waals surface area contributed by atoms with Crippen LogP contribution < -0.4 is 20.1 Å². The van der Waals surface area contributed by atoms with Crippen molar-refractivity contribution < 1.29 is 14.6 Å². The number of phenols is 1. The molecule has 0 aliphatic heterocycles. The third-order valence-corrected chi connectivity index (χ3v) is 3.62. The van der Waals surface area contributed by atoms with E-state index >= 15 is 0 Å². The van der Waals surface area contributed by atoms with Gasteiger partial charge in [0.1, 0.15) is 0 Å². The van der Waals surface area contributed by atoms with E-state index in [2.05, 4.69) is 20.6 Å². The Morgan fingerprint density at radius 1 is 1.15 bits per heavy atom. The van der Waals surface area contributed by atoms with E-state index in [4.69, 9.17) is 9.47 Å². The lowest BCUT2D eigenvalue weighted by molar-refractivity contribution is 0.339. The Kier molecular flexibility index (Phi) is 9.56. The SMILES string of the molecule is CN=C(NCCc1ccccn1)NCc1cc(OC)c(O)c(OC)c1.I. The van der Waals surface area contributed by atoms with Gasteiger partial charge in [-0.05, 0) is 29.8 Å². The van der Waals surface area contributed by atoms with Crippen LogP contribution in [0.25, 0.3) is 0 Å². The molecule has 0 fully saturated rings. The number of aromatic nitrogens is 1. The maximum absolute atomic E-state index is 9.95. The van der Waals surface area contributed by atoms with Crippen molar-refractivity contribution in [3.05, 3.63) is 47.8 Å². The summed E-state index contributed by atoms with van der Waals surface area (Å²) < 4.78 is 10.3. The molecule has 0 unspecified atom stereocenters. The molecule has 2 rings (SSSR count). The van der Waals surface area contributed by atoms with Gasteiger partial charge in [-0.15, -0.1) is 24.0 Å². The first-order valence-electron chi connectivity index (χ1n) is 7.96. The first-order chi connectivity index (χ1) is 12.2. The Labute approximate surface area is 170 Å². The van der Waals surface area contributed by atoms with Gasteiger partial charge in [-0.2, -0.15) is 0 Å². The number of guanidine groups is 1. The summed E-state index contributed by atoms with van der Waals surface area (Å²) in [6.45, 7) is 1.23. The van der Waals surface area contributed by atoms with Gasteiger partial charge in [0.15, 0.2) is 17.5 Å². The van der Waals surface area contributed by atoms with Crippen LogP contribution in [0.3, 0.4) is 0 Å². The first kappa shape index (κ1) is 21.8. The standard InChI is InChI=1S/C18H24N4O3.HI/c1-19-18(21-9-7-14-6-4-5-8-20-14)22-12-13-10-15(24-2)17(23)16(11-13)25-3;/h4-6,8,10-11,23H,7,9,12H2,1-3H3,(H2,19,21,22);1H. The molecule has 0 atom stereocenters. The molecule has 8 heteroatoms. The minimum Gasteiger partial charge on any atom is -0.502 e. The quantitative estimate of drug-likeness (QED) is 0.326. The summed E-state index contributed by atoms with van der Waals surface area (Å²) in [4.78, 5) is 8.49. The Morgan fingerprint density at radius 2 is 1.85 bits per heavy atom. The van der Waals surface area contributed by atoms with E-state index in [1.165, 1.54) is 14.2 Å². The van der Waals surface area contributed by atoms with Crippen LogP contribution in [0.2, 0.25) is 0 Å². The molecule has 1 aromatic heterocycles. The van der Waals surface area contributed by atoms with Crippen LogP contribution in [0, 0.1) is 0 Å². The number of nitrogens with zero attached hydrogens (tertiary/aromatic N) is 2. The van der Waals surface area contributed by atoms with E-state index in [1.54, 1.807) is 25.4 Å². The van der Waals surface area contributed by atoms with Crippen LogP contribution in [0.5, 0.6) is 17.2 Å². The summed E-state index contributed by atoms with van der Waals surface area (Å²) in [7, 11) is 4.72. The Bertz CT molecular complexity index is 686. The lowest BCUT2D eigenvalue weighted by Crippen LogP contribution is -2.37. The van der Waals surface area contributed by atoms with E-state index in [-0.39, 0.29) is 29.7 Å². The number of rotatable bonds is 7. The van der Waals surface area contributed by atoms with Crippen LogP contribution in [-0.4, -0.2) is 43.9 Å². The molecule has 0 saturated carbocycles. The van der Waals surface area contributed by atoms with Crippen LogP contribution in [0.1, 0.15) is 11.3 Å². The average molecular weight is 472 g/mol. The highest BCUT2D eigenvalue weighted by Crippen LogP contribution is 2.36. The summed E-state index contributed by atoms with van der Waals surface area (Å²) >= 11 is 0. The van der Waals surface area contributed by atoms with Gasteiger partial charge in [0, 0.05) is 38.4 Å². The molecule has 0 aliphatic rings. The number of ether oxygens (including phenoxy) is 2. The number of methoxy groups -OCH3 is 2. The minimum absolute atomic E-state index is 0. The largest absolute Gasteiger partial charge is 0.502 e. The molecule has 142 valence electrons. The lowest BCUT2D eigenvalue weighted by atomic mass is 10.2. The predicted octanol–water partition coefficient (Wildman–Crippen LogP) is 2.33. The molecule has 0 amide bonds. The topological polar surface area (TPSA) is 88.0 Å². The smallest absolute Gasteiger partial charge is 0.200 e. The third kappa shape index (κ3) is 6.25. The van der Waals surface area contributed by atoms with Crippen molar-refractivity contribution in [1.82, 2.24) is 15.6 Å². The summed E-state index contributed by atoms with van der Waals surface area (Å²) in [6, 6.07) is 9.38. The molecule has 3 N–H and O–H groups in total. The highest BCUT2D eigenvalue weighted by molar-refractivity contribution is 14.0. The normalized spacial score (nSPS) is 10.7. The van der Waals surface area contributed by atoms with E-state index in [1.807, 2.05) is 18.2 Å². The monoisotopic (exact) mass is 472 g/mol. The Morgan fingerprint density at radius 3 is 2.38 bits per heavy atom. The molecule has 0 saturated heterocycles. The molecule has 0 bridgehead atoms. The molecule has 7 nitrogen and oxygen atoms in total. The van der Waals surface area contributed by atoms with Crippen LogP contribution >= 0.6 is 24.0 Å². The van der Waals surface area contributed by atoms with Crippen LogP contribution in [-0.2, 0) is 13.0 Å². The van der Waals surface area contributed by atoms with E-state index in [0.29, 0.717) is 24.0 Å². The number of hydrogen-bond acceptors (Lipinski definition) is 5. The minimum atomic E-state index is -0.00776. The van der Waals surface area contributed by atoms with Gasteiger partial charge in [-0.1, -0.05) is 6.07 Å². The van der Waals surface area contributed by atoms with Gasteiger partial charge in [-0.25, -0.2) is 0 Å². The van der Waals surface area contributed by atoms with E-state index < -0.39 is 0 Å². The molecule has 0 aliphatic carbocycles. The molecule has 0 radical (unpaired) electrons. The number of nitrogens with one attached hydrogen (secondary N) is 2. The van der Waals surface area contributed by atoms with E-state index in [0.717, 1.165) is 24.2 Å². The second kappa shape index (κ2) is 11.4. The van der Waals surface area contributed by atoms with Crippen molar-refractivity contribution in [2.24, 2.45) is 4.99 Å². The number of halogens is 1. The second-order valence-electron chi connectivity index (χ2n) is 5.27. The van der Waals surface area contributed by atoms with Gasteiger partial charge in [0.25, 0.3) is 0 Å². The number of pyridine rings is 1. The molecule has 2 aromatic rings. The fourth-order valence-corrected chi connectivity index (χ4v) is 2.31. The van der Waals surface area contributed by atoms with Crippen molar-refractivity contribution in [3.8, 4) is 17.2 Å². The zero-order chi connectivity index (χ0) is 18.1. The molecule has 1 heterocycles. The van der Waals surface area contributed by atoms with Gasteiger partial charge >= 0.3 is 0 Å². The number of benzene rings is 1. The maximum Gasteiger partial charge on any atom is 0.200 e. The number of hydrogen-bond donors (Lipinski definition) is 3. The highest BCUT2D eigenvalue weighted by Gasteiger charge is 2.11. The lowest BCUT2D eigenvalue weighted by Gasteiger charge is -2.14. The van der Waals surface area contributed by atoms with Crippen molar-refractivity contribution in [1.29, 1.82) is 0 Å². The van der Waals surface area contributed by atoms with Crippen molar-refractivity contribution in [2.45, 2.75) is 13.0 Å². The van der Waals surface area contributed by atoms with Crippen LogP contribution in [0.4, 0.5) is 0 Å². The number of phenolic OH excluding ortho intramolecular Hbond substituents is 1. The Hall–Kier alpha value is -2.23. The van der Waals surface area contributed by atoms with Crippen molar-refractivity contribution >= 4 is 29.9 Å². The maximum atomic E-state index is 9.95. The van der Waals surface area contributed by atoms with Crippen molar-refractivity contribution in [3.63, 3.8) is 0 Å². The number of aliphatic imine (C=N–C) groups is 1. The Balaban J connectivity index is 0.00000338. The molecule has 26 heavy (non-hydrogen) atoms. The summed E-state index contributed by atoms with van der Waals surface area (Å²) in [5, 5.41) is 16.4. The summed E-state index contributed by atoms with van der Waals surface area (Å²) in [6.07, 6.45) is 2.59. The van der Waals surface area contributed by atoms with E-state index in [9.17, 15) is 5.11 Å². The van der Waals surface area contributed by atoms with Gasteiger partial charge in [-0.3, -0.25) is 9.98 Å². The molecule has 0 spiro atoms. The van der Waals surface area contributed by atoms with Crippen LogP contribution in [0.15, 0.2) is 41.5 Å². The van der Waals surface area contributed by atoms with Crippen molar-refractivity contribution in [2.75, 3.05) is 27.8 Å². The summed E-state index contributed by atoms with van der Waals surface area (Å²) in [5.41, 5.74) is 1.93. The number of aromatic hydroxyl groups is 1. The fraction of sp³-hybridized carbons (Fsp3) is 0.333. The summed E-state index contributed by atoms with van der Waals surface area (Å²) in [5.74, 6) is 1.41. The molecular weight excluding hydrogens is 447 g/mol. The average Bonchev–Trinajstić information content (AvgIpc) is 2.66. The molecule has 1 aromatic carbocycles. The first-order valence-corrected chi connectivity index (χ1v) is 7.96. The third-order valence-electron chi connectivity index (χ3n) is 3.62. The predicted molar refractivity (Wildman–Crippen MR) is 113 cm³/mol. The second-order valence-corrected chi connectivity index (χ2v) is 5.27. The zero-order valence-electron chi connectivity index (χ0n) is 15.2.